The lowest BCUT2D eigenvalue weighted by atomic mass is 9.82. The van der Waals surface area contributed by atoms with Crippen LogP contribution in [0.3, 0.4) is 0 Å². The third-order valence-electron chi connectivity index (χ3n) is 4.88. The molecule has 1 aliphatic heterocycles. The van der Waals surface area contributed by atoms with Crippen LogP contribution in [0.25, 0.3) is 27.3 Å². The Morgan fingerprint density at radius 3 is 2.85 bits per heavy atom. The number of pyridine rings is 1. The van der Waals surface area contributed by atoms with Crippen LogP contribution in [-0.4, -0.2) is 30.1 Å². The molecule has 0 aliphatic carbocycles. The molecule has 0 bridgehead atoms. The molecule has 132 valence electrons. The van der Waals surface area contributed by atoms with Crippen molar-refractivity contribution >= 4 is 27.2 Å². The maximum absolute atomic E-state index is 4.85. The fourth-order valence-corrected chi connectivity index (χ4v) is 5.35. The van der Waals surface area contributed by atoms with Crippen molar-refractivity contribution in [1.29, 1.82) is 0 Å². The smallest absolute Gasteiger partial charge is 0.183 e. The molecule has 0 aromatic carbocycles. The van der Waals surface area contributed by atoms with Gasteiger partial charge in [0.05, 0.1) is 5.39 Å². The van der Waals surface area contributed by atoms with Gasteiger partial charge >= 0.3 is 0 Å². The lowest BCUT2D eigenvalue weighted by Crippen LogP contribution is -2.54. The van der Waals surface area contributed by atoms with E-state index in [9.17, 15) is 0 Å². The van der Waals surface area contributed by atoms with E-state index >= 15 is 0 Å². The molecular weight excluding hydrogens is 344 g/mol. The number of fused-ring (bicyclic) bond motifs is 5. The fourth-order valence-electron chi connectivity index (χ4n) is 4.13. The zero-order chi connectivity index (χ0) is 18.1. The highest BCUT2D eigenvalue weighted by atomic mass is 32.1. The van der Waals surface area contributed by atoms with Gasteiger partial charge in [0.15, 0.2) is 11.5 Å². The summed E-state index contributed by atoms with van der Waals surface area (Å²) in [6.07, 6.45) is 6.25. The Labute approximate surface area is 155 Å². The van der Waals surface area contributed by atoms with E-state index in [0.29, 0.717) is 5.82 Å². The van der Waals surface area contributed by atoms with Gasteiger partial charge in [0.2, 0.25) is 0 Å². The molecular formula is C19H20N6S. The minimum Gasteiger partial charge on any atom is -0.302 e. The molecule has 4 aromatic heterocycles. The first-order valence-electron chi connectivity index (χ1n) is 8.71. The number of hydrogen-bond donors (Lipinski definition) is 1. The quantitative estimate of drug-likeness (QED) is 0.559. The molecule has 0 saturated carbocycles. The van der Waals surface area contributed by atoms with Crippen molar-refractivity contribution in [3.8, 4) is 11.4 Å². The van der Waals surface area contributed by atoms with Gasteiger partial charge in [0.25, 0.3) is 0 Å². The summed E-state index contributed by atoms with van der Waals surface area (Å²) >= 11 is 1.76. The molecule has 0 saturated heterocycles. The van der Waals surface area contributed by atoms with Gasteiger partial charge in [-0.1, -0.05) is 0 Å². The summed E-state index contributed by atoms with van der Waals surface area (Å²) in [5.74, 6) is 0.680. The van der Waals surface area contributed by atoms with Crippen LogP contribution in [0.5, 0.6) is 0 Å². The standard InChI is InChI=1S/C19H20N6S/c1-18(2)8-12-13-16-22-15(11-6-5-7-20-9-11)23-25(16)10-21-17(13)26-14(12)19(3,4)24-18/h5-7,9-10,24H,8H2,1-4H3. The Bertz CT molecular complexity index is 1140. The van der Waals surface area contributed by atoms with Crippen LogP contribution in [0.15, 0.2) is 30.9 Å². The highest BCUT2D eigenvalue weighted by Gasteiger charge is 2.39. The largest absolute Gasteiger partial charge is 0.302 e. The van der Waals surface area contributed by atoms with Crippen LogP contribution in [0.2, 0.25) is 0 Å². The highest BCUT2D eigenvalue weighted by Crippen LogP contribution is 2.44. The van der Waals surface area contributed by atoms with Crippen molar-refractivity contribution in [1.82, 2.24) is 29.9 Å². The summed E-state index contributed by atoms with van der Waals surface area (Å²) in [6, 6.07) is 3.88. The summed E-state index contributed by atoms with van der Waals surface area (Å²) in [5.41, 5.74) is 3.06. The van der Waals surface area contributed by atoms with E-state index in [1.165, 1.54) is 10.4 Å². The average molecular weight is 364 g/mol. The maximum atomic E-state index is 4.85. The molecule has 1 N–H and O–H groups in total. The number of rotatable bonds is 1. The van der Waals surface area contributed by atoms with Gasteiger partial charge < -0.3 is 5.32 Å². The summed E-state index contributed by atoms with van der Waals surface area (Å²) in [5, 5.41) is 9.52. The summed E-state index contributed by atoms with van der Waals surface area (Å²) in [4.78, 5) is 16.1. The molecule has 0 spiro atoms. The van der Waals surface area contributed by atoms with E-state index in [1.807, 2.05) is 12.1 Å². The maximum Gasteiger partial charge on any atom is 0.183 e. The summed E-state index contributed by atoms with van der Waals surface area (Å²) < 4.78 is 1.79. The Hall–Kier alpha value is -2.38. The van der Waals surface area contributed by atoms with Crippen LogP contribution in [0.1, 0.15) is 38.1 Å². The normalized spacial score (nSPS) is 18.3. The zero-order valence-electron chi connectivity index (χ0n) is 15.2. The fraction of sp³-hybridized carbons (Fsp3) is 0.368. The van der Waals surface area contributed by atoms with Gasteiger partial charge in [-0.3, -0.25) is 4.98 Å². The Morgan fingerprint density at radius 2 is 2.08 bits per heavy atom. The van der Waals surface area contributed by atoms with Gasteiger partial charge in [0, 0.05) is 33.9 Å². The van der Waals surface area contributed by atoms with E-state index in [2.05, 4.69) is 48.1 Å². The monoisotopic (exact) mass is 364 g/mol. The molecule has 0 unspecified atom stereocenters. The van der Waals surface area contributed by atoms with Gasteiger partial charge in [-0.05, 0) is 51.8 Å². The second kappa shape index (κ2) is 5.08. The Balaban J connectivity index is 1.81. The summed E-state index contributed by atoms with van der Waals surface area (Å²) in [7, 11) is 0. The first-order valence-corrected chi connectivity index (χ1v) is 9.53. The first kappa shape index (κ1) is 15.8. The molecule has 7 heteroatoms. The van der Waals surface area contributed by atoms with E-state index in [1.54, 1.807) is 34.6 Å². The minimum absolute atomic E-state index is 0.0174. The Morgan fingerprint density at radius 1 is 1.23 bits per heavy atom. The Kier molecular flexibility index (Phi) is 3.10. The molecule has 26 heavy (non-hydrogen) atoms. The molecule has 0 atom stereocenters. The second-order valence-corrected chi connectivity index (χ2v) is 9.09. The molecule has 1 aliphatic rings. The lowest BCUT2D eigenvalue weighted by Gasteiger charge is -2.42. The van der Waals surface area contributed by atoms with E-state index in [0.717, 1.165) is 27.8 Å². The van der Waals surface area contributed by atoms with Crippen molar-refractivity contribution in [3.63, 3.8) is 0 Å². The lowest BCUT2D eigenvalue weighted by molar-refractivity contribution is 0.248. The van der Waals surface area contributed by atoms with Crippen LogP contribution in [0.4, 0.5) is 0 Å². The molecule has 0 radical (unpaired) electrons. The van der Waals surface area contributed by atoms with Crippen LogP contribution in [-0.2, 0) is 12.0 Å². The van der Waals surface area contributed by atoms with Gasteiger partial charge in [-0.15, -0.1) is 16.4 Å². The van der Waals surface area contributed by atoms with Gasteiger partial charge in [-0.25, -0.2) is 14.5 Å². The van der Waals surface area contributed by atoms with Crippen molar-refractivity contribution in [2.24, 2.45) is 0 Å². The van der Waals surface area contributed by atoms with Crippen molar-refractivity contribution in [2.45, 2.75) is 45.2 Å². The third-order valence-corrected chi connectivity index (χ3v) is 6.35. The number of aromatic nitrogens is 5. The topological polar surface area (TPSA) is 68.0 Å². The number of nitrogens with one attached hydrogen (secondary N) is 1. The van der Waals surface area contributed by atoms with Crippen LogP contribution < -0.4 is 5.32 Å². The van der Waals surface area contributed by atoms with Gasteiger partial charge in [0.1, 0.15) is 11.2 Å². The van der Waals surface area contributed by atoms with Crippen LogP contribution >= 0.6 is 11.3 Å². The molecule has 5 rings (SSSR count). The zero-order valence-corrected chi connectivity index (χ0v) is 16.1. The molecule has 4 aromatic rings. The van der Waals surface area contributed by atoms with E-state index in [4.69, 9.17) is 4.98 Å². The van der Waals surface area contributed by atoms with Crippen molar-refractivity contribution < 1.29 is 0 Å². The predicted molar refractivity (Wildman–Crippen MR) is 103 cm³/mol. The SMILES string of the molecule is CC1(C)Cc2c(sc3ncn4nc(-c5cccnc5)nc4c23)C(C)(C)N1. The molecule has 0 amide bonds. The first-order chi connectivity index (χ1) is 12.3. The van der Waals surface area contributed by atoms with Gasteiger partial charge in [-0.2, -0.15) is 0 Å². The van der Waals surface area contributed by atoms with Crippen molar-refractivity contribution in [2.75, 3.05) is 0 Å². The van der Waals surface area contributed by atoms with E-state index in [-0.39, 0.29) is 11.1 Å². The molecule has 6 nitrogen and oxygen atoms in total. The highest BCUT2D eigenvalue weighted by molar-refractivity contribution is 7.19. The third kappa shape index (κ3) is 2.27. The number of nitrogens with zero attached hydrogens (tertiary/aromatic N) is 5. The average Bonchev–Trinajstić information content (AvgIpc) is 3.15. The van der Waals surface area contributed by atoms with E-state index < -0.39 is 0 Å². The van der Waals surface area contributed by atoms with Crippen LogP contribution in [0, 0.1) is 0 Å². The minimum atomic E-state index is -0.0916. The van der Waals surface area contributed by atoms with Crippen molar-refractivity contribution in [3.05, 3.63) is 41.3 Å². The molecule has 0 fully saturated rings. The summed E-state index contributed by atoms with van der Waals surface area (Å²) in [6.45, 7) is 8.98. The predicted octanol–water partition coefficient (Wildman–Crippen LogP) is 3.56. The number of thiophene rings is 1. The second-order valence-electron chi connectivity index (χ2n) is 8.09. The number of hydrogen-bond acceptors (Lipinski definition) is 6. The molecule has 5 heterocycles.